The fourth-order valence-electron chi connectivity index (χ4n) is 4.08. The molecule has 0 atom stereocenters. The number of halogens is 1. The standard InChI is InChI=1S/C24H30N10O5.ClH/c1-31-12-15(9-18(31)21(35)25-7-8-28-24-26-5-4-6-27-24)29-22(36)19-10-16(13-32(19)2)30-23(37)20-11-17(34(38)39)14-33(20)3;/h9-14H,4-8H2,1-3H3,(H,25,35)(H,29,36)(H,30,37)(H2,26,27,28);1H. The van der Waals surface area contributed by atoms with Crippen LogP contribution in [0.5, 0.6) is 0 Å². The number of aliphatic imine (C=N–C) groups is 1. The molecule has 0 unspecified atom stereocenters. The van der Waals surface area contributed by atoms with Crippen LogP contribution in [0, 0.1) is 10.1 Å². The van der Waals surface area contributed by atoms with Gasteiger partial charge in [-0.25, -0.2) is 0 Å². The quantitative estimate of drug-likeness (QED) is 0.144. The minimum Gasteiger partial charge on any atom is -0.356 e. The van der Waals surface area contributed by atoms with Gasteiger partial charge in [0, 0.05) is 65.8 Å². The lowest BCUT2D eigenvalue weighted by molar-refractivity contribution is -0.384. The highest BCUT2D eigenvalue weighted by atomic mass is 35.5. The number of rotatable bonds is 9. The molecule has 15 nitrogen and oxygen atoms in total. The molecule has 0 bridgehead atoms. The van der Waals surface area contributed by atoms with Crippen molar-refractivity contribution >= 4 is 53.2 Å². The van der Waals surface area contributed by atoms with Crippen LogP contribution in [0.25, 0.3) is 0 Å². The third-order valence-electron chi connectivity index (χ3n) is 6.03. The summed E-state index contributed by atoms with van der Waals surface area (Å²) < 4.78 is 4.50. The van der Waals surface area contributed by atoms with Crippen LogP contribution in [0.3, 0.4) is 0 Å². The Bertz CT molecular complexity index is 1450. The second kappa shape index (κ2) is 12.8. The van der Waals surface area contributed by atoms with Crippen LogP contribution < -0.4 is 26.6 Å². The number of hydrogen-bond donors (Lipinski definition) is 5. The van der Waals surface area contributed by atoms with Gasteiger partial charge in [-0.2, -0.15) is 0 Å². The number of nitrogens with one attached hydrogen (secondary N) is 5. The number of aryl methyl sites for hydroxylation is 3. The van der Waals surface area contributed by atoms with E-state index < -0.39 is 16.7 Å². The van der Waals surface area contributed by atoms with Gasteiger partial charge in [-0.05, 0) is 18.6 Å². The van der Waals surface area contributed by atoms with Crippen molar-refractivity contribution in [3.05, 3.63) is 64.0 Å². The van der Waals surface area contributed by atoms with Gasteiger partial charge >= 0.3 is 0 Å². The molecule has 3 aromatic rings. The molecule has 4 heterocycles. The zero-order valence-electron chi connectivity index (χ0n) is 22.2. The Labute approximate surface area is 235 Å². The third kappa shape index (κ3) is 6.99. The molecule has 16 heteroatoms. The fraction of sp³-hybridized carbons (Fsp3) is 0.333. The zero-order chi connectivity index (χ0) is 28.1. The van der Waals surface area contributed by atoms with E-state index in [4.69, 9.17) is 0 Å². The van der Waals surface area contributed by atoms with Gasteiger partial charge in [0.05, 0.1) is 22.5 Å². The maximum absolute atomic E-state index is 12.9. The average Bonchev–Trinajstić information content (AvgIpc) is 3.58. The van der Waals surface area contributed by atoms with Crippen LogP contribution in [0.4, 0.5) is 17.1 Å². The minimum atomic E-state index is -0.580. The van der Waals surface area contributed by atoms with E-state index in [1.54, 1.807) is 37.1 Å². The highest BCUT2D eigenvalue weighted by Crippen LogP contribution is 2.20. The first-order valence-corrected chi connectivity index (χ1v) is 12.2. The minimum absolute atomic E-state index is 0. The van der Waals surface area contributed by atoms with Crippen LogP contribution in [0.15, 0.2) is 41.8 Å². The molecule has 4 rings (SSSR count). The maximum Gasteiger partial charge on any atom is 0.287 e. The van der Waals surface area contributed by atoms with Crippen LogP contribution in [0.1, 0.15) is 37.9 Å². The van der Waals surface area contributed by atoms with Crippen LogP contribution >= 0.6 is 12.4 Å². The van der Waals surface area contributed by atoms with Gasteiger partial charge in [-0.3, -0.25) is 29.5 Å². The molecule has 0 aliphatic carbocycles. The van der Waals surface area contributed by atoms with Crippen LogP contribution in [-0.4, -0.2) is 68.5 Å². The van der Waals surface area contributed by atoms with Gasteiger partial charge in [0.15, 0.2) is 5.96 Å². The summed E-state index contributed by atoms with van der Waals surface area (Å²) in [6, 6.07) is 4.23. The monoisotopic (exact) mass is 574 g/mol. The van der Waals surface area contributed by atoms with Gasteiger partial charge in [0.2, 0.25) is 0 Å². The second-order valence-electron chi connectivity index (χ2n) is 9.00. The van der Waals surface area contributed by atoms with Crippen molar-refractivity contribution in [2.75, 3.05) is 36.8 Å². The van der Waals surface area contributed by atoms with E-state index in [0.717, 1.165) is 25.5 Å². The van der Waals surface area contributed by atoms with E-state index in [2.05, 4.69) is 31.6 Å². The lowest BCUT2D eigenvalue weighted by Gasteiger charge is -2.16. The lowest BCUT2D eigenvalue weighted by atomic mass is 10.3. The maximum atomic E-state index is 12.9. The van der Waals surface area contributed by atoms with Crippen molar-refractivity contribution in [1.29, 1.82) is 0 Å². The van der Waals surface area contributed by atoms with Crippen LogP contribution in [0.2, 0.25) is 0 Å². The molecular formula is C24H31ClN10O5. The van der Waals surface area contributed by atoms with Gasteiger partial charge in [-0.1, -0.05) is 0 Å². The molecule has 0 spiro atoms. The molecule has 0 fully saturated rings. The first kappa shape index (κ1) is 29.8. The predicted molar refractivity (Wildman–Crippen MR) is 151 cm³/mol. The Morgan fingerprint density at radius 1 is 0.900 bits per heavy atom. The van der Waals surface area contributed by atoms with Gasteiger partial charge < -0.3 is 40.3 Å². The number of nitrogens with zero attached hydrogens (tertiary/aromatic N) is 5. The number of carbonyl (C=O) groups is 3. The summed E-state index contributed by atoms with van der Waals surface area (Å²) >= 11 is 0. The van der Waals surface area contributed by atoms with E-state index in [1.807, 2.05) is 0 Å². The predicted octanol–water partition coefficient (Wildman–Crippen LogP) is 1.21. The van der Waals surface area contributed by atoms with E-state index in [0.29, 0.717) is 30.2 Å². The molecule has 3 amide bonds. The Balaban J connectivity index is 0.00000441. The highest BCUT2D eigenvalue weighted by molar-refractivity contribution is 6.07. The molecule has 0 radical (unpaired) electrons. The Morgan fingerprint density at radius 3 is 1.98 bits per heavy atom. The zero-order valence-corrected chi connectivity index (χ0v) is 23.0. The molecule has 1 aliphatic heterocycles. The molecule has 0 saturated carbocycles. The van der Waals surface area contributed by atoms with E-state index in [-0.39, 0.29) is 35.4 Å². The summed E-state index contributed by atoms with van der Waals surface area (Å²) in [5.74, 6) is -0.565. The third-order valence-corrected chi connectivity index (χ3v) is 6.03. The number of hydrogen-bond acceptors (Lipinski definition) is 8. The molecule has 1 aliphatic rings. The molecule has 40 heavy (non-hydrogen) atoms. The second-order valence-corrected chi connectivity index (χ2v) is 9.00. The van der Waals surface area contributed by atoms with Crippen molar-refractivity contribution in [1.82, 2.24) is 29.7 Å². The van der Waals surface area contributed by atoms with E-state index >= 15 is 0 Å². The molecule has 5 N–H and O–H groups in total. The molecule has 3 aromatic heterocycles. The molecular weight excluding hydrogens is 544 g/mol. The molecule has 214 valence electrons. The normalized spacial score (nSPS) is 12.4. The summed E-state index contributed by atoms with van der Waals surface area (Å²) in [5, 5.41) is 25.5. The largest absolute Gasteiger partial charge is 0.356 e. The Kier molecular flexibility index (Phi) is 9.55. The summed E-state index contributed by atoms with van der Waals surface area (Å²) in [6.45, 7) is 2.55. The van der Waals surface area contributed by atoms with Gasteiger partial charge in [-0.15, -0.1) is 12.4 Å². The SMILES string of the molecule is Cl.Cn1cc(NC(=O)c2cc(NC(=O)c3cc([N+](=O)[O-])cn3C)cn2C)cc1C(=O)NCCNC1=NCCCN1. The number of carbonyl (C=O) groups excluding carboxylic acids is 3. The van der Waals surface area contributed by atoms with E-state index in [9.17, 15) is 24.5 Å². The Morgan fingerprint density at radius 2 is 1.45 bits per heavy atom. The number of guanidine groups is 1. The van der Waals surface area contributed by atoms with Crippen molar-refractivity contribution in [2.24, 2.45) is 26.1 Å². The van der Waals surface area contributed by atoms with Gasteiger partial charge in [0.1, 0.15) is 17.1 Å². The average molecular weight is 575 g/mol. The molecule has 0 saturated heterocycles. The summed E-state index contributed by atoms with van der Waals surface area (Å²) in [4.78, 5) is 52.9. The smallest absolute Gasteiger partial charge is 0.287 e. The molecule has 0 aromatic carbocycles. The summed E-state index contributed by atoms with van der Waals surface area (Å²) in [5.41, 5.74) is 1.29. The van der Waals surface area contributed by atoms with E-state index in [1.165, 1.54) is 34.5 Å². The lowest BCUT2D eigenvalue weighted by Crippen LogP contribution is -2.43. The van der Waals surface area contributed by atoms with Crippen molar-refractivity contribution in [3.8, 4) is 0 Å². The van der Waals surface area contributed by atoms with Gasteiger partial charge in [0.25, 0.3) is 23.4 Å². The highest BCUT2D eigenvalue weighted by Gasteiger charge is 2.20. The number of nitro groups is 1. The first-order valence-electron chi connectivity index (χ1n) is 12.2. The van der Waals surface area contributed by atoms with Crippen molar-refractivity contribution < 1.29 is 19.3 Å². The number of aromatic nitrogens is 3. The Hall–Kier alpha value is -4.79. The van der Waals surface area contributed by atoms with Crippen molar-refractivity contribution in [3.63, 3.8) is 0 Å². The number of amides is 3. The van der Waals surface area contributed by atoms with Crippen LogP contribution in [-0.2, 0) is 21.1 Å². The van der Waals surface area contributed by atoms with Crippen molar-refractivity contribution in [2.45, 2.75) is 6.42 Å². The first-order chi connectivity index (χ1) is 18.6. The summed E-state index contributed by atoms with van der Waals surface area (Å²) in [6.07, 6.45) is 5.42. The summed E-state index contributed by atoms with van der Waals surface area (Å²) in [7, 11) is 4.87. The topological polar surface area (TPSA) is 182 Å². The fourth-order valence-corrected chi connectivity index (χ4v) is 4.08. The number of anilines is 2.